The fourth-order valence-corrected chi connectivity index (χ4v) is 1.45. The van der Waals surface area contributed by atoms with Crippen molar-refractivity contribution in [1.29, 1.82) is 0 Å². The molecule has 0 atom stereocenters. The van der Waals surface area contributed by atoms with E-state index in [4.69, 9.17) is 13.9 Å². The lowest BCUT2D eigenvalue weighted by Gasteiger charge is -2.11. The fraction of sp³-hybridized carbons (Fsp3) is 0.615. The van der Waals surface area contributed by atoms with E-state index in [-0.39, 0.29) is 24.0 Å². The van der Waals surface area contributed by atoms with Crippen LogP contribution in [0.4, 0.5) is 0 Å². The van der Waals surface area contributed by atoms with Crippen LogP contribution >= 0.6 is 24.0 Å². The molecule has 0 aliphatic heterocycles. The van der Waals surface area contributed by atoms with Gasteiger partial charge >= 0.3 is 0 Å². The molecule has 1 aromatic heterocycles. The van der Waals surface area contributed by atoms with Crippen molar-refractivity contribution in [2.45, 2.75) is 6.42 Å². The van der Waals surface area contributed by atoms with E-state index in [1.807, 2.05) is 12.1 Å². The van der Waals surface area contributed by atoms with Crippen molar-refractivity contribution in [3.8, 4) is 0 Å². The number of nitrogens with one attached hydrogen (secondary N) is 2. The summed E-state index contributed by atoms with van der Waals surface area (Å²) in [5.74, 6) is 1.72. The van der Waals surface area contributed by atoms with Gasteiger partial charge in [0.1, 0.15) is 5.76 Å². The Kier molecular flexibility index (Phi) is 12.7. The van der Waals surface area contributed by atoms with Gasteiger partial charge in [-0.3, -0.25) is 4.99 Å². The van der Waals surface area contributed by atoms with Crippen molar-refractivity contribution in [3.05, 3.63) is 24.2 Å². The predicted molar refractivity (Wildman–Crippen MR) is 89.9 cm³/mol. The molecule has 1 rings (SSSR count). The molecule has 0 aliphatic rings. The number of nitrogens with zero attached hydrogens (tertiary/aromatic N) is 1. The van der Waals surface area contributed by atoms with Crippen LogP contribution in [0.3, 0.4) is 0 Å². The lowest BCUT2D eigenvalue weighted by molar-refractivity contribution is 0.203. The smallest absolute Gasteiger partial charge is 0.191 e. The number of aliphatic imine (C=N–C) groups is 1. The fourth-order valence-electron chi connectivity index (χ4n) is 1.45. The van der Waals surface area contributed by atoms with Gasteiger partial charge in [0.25, 0.3) is 0 Å². The molecule has 0 bridgehead atoms. The van der Waals surface area contributed by atoms with Gasteiger partial charge in [-0.05, 0) is 12.1 Å². The standard InChI is InChI=1S/C13H23N3O3.HI/c1-17-10-7-15-13(16-8-11-18-2)14-6-5-12-4-3-9-19-12;/h3-4,9H,5-8,10-11H2,1-2H3,(H2,14,15,16);1H. The lowest BCUT2D eigenvalue weighted by Crippen LogP contribution is -2.40. The van der Waals surface area contributed by atoms with E-state index >= 15 is 0 Å². The Morgan fingerprint density at radius 3 is 2.60 bits per heavy atom. The molecular weight excluding hydrogens is 373 g/mol. The SMILES string of the molecule is COCCN=C(NCCOC)NCCc1ccco1.I. The monoisotopic (exact) mass is 397 g/mol. The van der Waals surface area contributed by atoms with E-state index in [2.05, 4.69) is 15.6 Å². The zero-order chi connectivity index (χ0) is 13.8. The van der Waals surface area contributed by atoms with E-state index in [9.17, 15) is 0 Å². The third-order valence-corrected chi connectivity index (χ3v) is 2.41. The maximum atomic E-state index is 5.27. The molecule has 0 aromatic carbocycles. The number of methoxy groups -OCH3 is 2. The Morgan fingerprint density at radius 2 is 1.95 bits per heavy atom. The topological polar surface area (TPSA) is 68.0 Å². The third-order valence-electron chi connectivity index (χ3n) is 2.41. The largest absolute Gasteiger partial charge is 0.469 e. The van der Waals surface area contributed by atoms with E-state index < -0.39 is 0 Å². The summed E-state index contributed by atoms with van der Waals surface area (Å²) in [6.45, 7) is 3.35. The molecule has 6 nitrogen and oxygen atoms in total. The summed E-state index contributed by atoms with van der Waals surface area (Å²) in [4.78, 5) is 4.39. The predicted octanol–water partition coefficient (Wildman–Crippen LogP) is 1.27. The Hall–Kier alpha value is -0.800. The number of halogens is 1. The first-order valence-electron chi connectivity index (χ1n) is 6.39. The van der Waals surface area contributed by atoms with Crippen molar-refractivity contribution >= 4 is 29.9 Å². The molecule has 20 heavy (non-hydrogen) atoms. The first-order valence-corrected chi connectivity index (χ1v) is 6.39. The van der Waals surface area contributed by atoms with Gasteiger partial charge in [0.05, 0.1) is 26.0 Å². The van der Waals surface area contributed by atoms with Crippen molar-refractivity contribution in [3.63, 3.8) is 0 Å². The quantitative estimate of drug-likeness (QED) is 0.284. The van der Waals surface area contributed by atoms with Gasteiger partial charge in [-0.1, -0.05) is 0 Å². The molecule has 7 heteroatoms. The summed E-state index contributed by atoms with van der Waals surface area (Å²) in [5.41, 5.74) is 0. The van der Waals surface area contributed by atoms with Crippen LogP contribution in [0, 0.1) is 0 Å². The van der Waals surface area contributed by atoms with Crippen LogP contribution in [-0.4, -0.2) is 53.0 Å². The molecule has 0 aliphatic carbocycles. The molecule has 0 amide bonds. The molecular formula is C13H24IN3O3. The number of guanidine groups is 1. The molecule has 0 saturated heterocycles. The summed E-state index contributed by atoms with van der Waals surface area (Å²) < 4.78 is 15.2. The van der Waals surface area contributed by atoms with Gasteiger partial charge in [-0.2, -0.15) is 0 Å². The maximum Gasteiger partial charge on any atom is 0.191 e. The second-order valence-corrected chi connectivity index (χ2v) is 3.90. The Bertz CT molecular complexity index is 345. The van der Waals surface area contributed by atoms with Gasteiger partial charge < -0.3 is 24.5 Å². The highest BCUT2D eigenvalue weighted by Crippen LogP contribution is 1.99. The molecule has 116 valence electrons. The van der Waals surface area contributed by atoms with Gasteiger partial charge in [-0.25, -0.2) is 0 Å². The van der Waals surface area contributed by atoms with Gasteiger partial charge in [0, 0.05) is 33.7 Å². The third kappa shape index (κ3) is 9.16. The van der Waals surface area contributed by atoms with E-state index in [0.717, 1.165) is 31.2 Å². The average Bonchev–Trinajstić information content (AvgIpc) is 2.92. The average molecular weight is 397 g/mol. The highest BCUT2D eigenvalue weighted by molar-refractivity contribution is 14.0. The van der Waals surface area contributed by atoms with E-state index in [1.54, 1.807) is 20.5 Å². The van der Waals surface area contributed by atoms with Crippen LogP contribution in [0.2, 0.25) is 0 Å². The van der Waals surface area contributed by atoms with Crippen molar-refractivity contribution < 1.29 is 13.9 Å². The van der Waals surface area contributed by atoms with Crippen molar-refractivity contribution in [2.24, 2.45) is 4.99 Å². The first kappa shape index (κ1) is 19.2. The summed E-state index contributed by atoms with van der Waals surface area (Å²) >= 11 is 0. The second kappa shape index (κ2) is 13.2. The van der Waals surface area contributed by atoms with Crippen LogP contribution < -0.4 is 10.6 Å². The highest BCUT2D eigenvalue weighted by Gasteiger charge is 1.99. The molecule has 0 unspecified atom stereocenters. The van der Waals surface area contributed by atoms with E-state index in [1.165, 1.54) is 0 Å². The Balaban J connectivity index is 0.00000361. The van der Waals surface area contributed by atoms with Crippen molar-refractivity contribution in [2.75, 3.05) is 47.1 Å². The number of hydrogen-bond acceptors (Lipinski definition) is 4. The van der Waals surface area contributed by atoms with E-state index in [0.29, 0.717) is 19.8 Å². The highest BCUT2D eigenvalue weighted by atomic mass is 127. The van der Waals surface area contributed by atoms with Crippen LogP contribution in [0.15, 0.2) is 27.8 Å². The summed E-state index contributed by atoms with van der Waals surface area (Å²) in [6.07, 6.45) is 2.50. The van der Waals surface area contributed by atoms with Crippen molar-refractivity contribution in [1.82, 2.24) is 10.6 Å². The van der Waals surface area contributed by atoms with Crippen LogP contribution in [0.5, 0.6) is 0 Å². The van der Waals surface area contributed by atoms with Crippen LogP contribution in [-0.2, 0) is 15.9 Å². The molecule has 0 radical (unpaired) electrons. The molecule has 1 aromatic rings. The minimum Gasteiger partial charge on any atom is -0.469 e. The Morgan fingerprint density at radius 1 is 1.20 bits per heavy atom. The summed E-state index contributed by atoms with van der Waals surface area (Å²) in [6, 6.07) is 3.85. The van der Waals surface area contributed by atoms with Gasteiger partial charge in [0.15, 0.2) is 5.96 Å². The number of furan rings is 1. The molecule has 0 saturated carbocycles. The zero-order valence-corrected chi connectivity index (χ0v) is 14.4. The number of ether oxygens (including phenoxy) is 2. The first-order chi connectivity index (χ1) is 9.36. The maximum absolute atomic E-state index is 5.27. The summed E-state index contributed by atoms with van der Waals surface area (Å²) in [5, 5.41) is 6.43. The minimum absolute atomic E-state index is 0. The van der Waals surface area contributed by atoms with Crippen LogP contribution in [0.25, 0.3) is 0 Å². The summed E-state index contributed by atoms with van der Waals surface area (Å²) in [7, 11) is 3.34. The molecule has 0 fully saturated rings. The molecule has 0 spiro atoms. The van der Waals surface area contributed by atoms with Gasteiger partial charge in [0.2, 0.25) is 0 Å². The molecule has 1 heterocycles. The Labute approximate surface area is 137 Å². The normalized spacial score (nSPS) is 11.0. The minimum atomic E-state index is 0. The number of hydrogen-bond donors (Lipinski definition) is 2. The van der Waals surface area contributed by atoms with Gasteiger partial charge in [-0.15, -0.1) is 24.0 Å². The zero-order valence-electron chi connectivity index (χ0n) is 12.1. The van der Waals surface area contributed by atoms with Crippen LogP contribution in [0.1, 0.15) is 5.76 Å². The molecule has 2 N–H and O–H groups in total. The number of rotatable bonds is 9. The second-order valence-electron chi connectivity index (χ2n) is 3.90. The lowest BCUT2D eigenvalue weighted by atomic mass is 10.3.